The summed E-state index contributed by atoms with van der Waals surface area (Å²) in [6, 6.07) is 0. The van der Waals surface area contributed by atoms with Crippen molar-refractivity contribution in [3.8, 4) is 0 Å². The van der Waals surface area contributed by atoms with Gasteiger partial charge in [0.05, 0.1) is 12.4 Å². The molecule has 1 saturated carbocycles. The highest BCUT2D eigenvalue weighted by Crippen LogP contribution is 2.48. The van der Waals surface area contributed by atoms with E-state index in [4.69, 9.17) is 0 Å². The van der Waals surface area contributed by atoms with Crippen LogP contribution in [0.5, 0.6) is 0 Å². The monoisotopic (exact) mass is 253 g/mol. The molecule has 1 spiro atoms. The molecular weight excluding hydrogens is 242 g/mol. The summed E-state index contributed by atoms with van der Waals surface area (Å²) in [7, 11) is 0. The molecule has 0 unspecified atom stereocenters. The second-order valence-electron chi connectivity index (χ2n) is 4.41. The van der Waals surface area contributed by atoms with Crippen molar-refractivity contribution in [3.05, 3.63) is 17.0 Å². The Labute approximate surface area is 91.7 Å². The van der Waals surface area contributed by atoms with Gasteiger partial charge < -0.3 is 4.90 Å². The van der Waals surface area contributed by atoms with E-state index < -0.39 is 0 Å². The van der Waals surface area contributed by atoms with Crippen molar-refractivity contribution >= 4 is 21.7 Å². The molecule has 1 aromatic rings. The molecule has 1 aliphatic heterocycles. The Morgan fingerprint density at radius 2 is 2.00 bits per heavy atom. The number of hydrogen-bond acceptors (Lipinski definition) is 3. The average molecular weight is 254 g/mol. The quantitative estimate of drug-likeness (QED) is 0.769. The van der Waals surface area contributed by atoms with Gasteiger partial charge in [-0.15, -0.1) is 0 Å². The molecule has 0 atom stereocenters. The lowest BCUT2D eigenvalue weighted by atomic mass is 9.63. The van der Waals surface area contributed by atoms with Gasteiger partial charge in [0.1, 0.15) is 10.4 Å². The Kier molecular flexibility index (Phi) is 1.81. The van der Waals surface area contributed by atoms with E-state index in [-0.39, 0.29) is 0 Å². The molecule has 1 saturated heterocycles. The molecule has 14 heavy (non-hydrogen) atoms. The first-order valence-electron chi connectivity index (χ1n) is 5.00. The van der Waals surface area contributed by atoms with E-state index in [1.165, 1.54) is 32.4 Å². The van der Waals surface area contributed by atoms with Crippen molar-refractivity contribution in [1.82, 2.24) is 9.97 Å². The first-order chi connectivity index (χ1) is 6.77. The molecular formula is C10H12BrN3. The van der Waals surface area contributed by atoms with Crippen LogP contribution in [-0.2, 0) is 0 Å². The van der Waals surface area contributed by atoms with Crippen molar-refractivity contribution in [3.63, 3.8) is 0 Å². The van der Waals surface area contributed by atoms with Gasteiger partial charge in [0.15, 0.2) is 0 Å². The lowest BCUT2D eigenvalue weighted by Crippen LogP contribution is -2.60. The van der Waals surface area contributed by atoms with Crippen LogP contribution < -0.4 is 4.90 Å². The summed E-state index contributed by atoms with van der Waals surface area (Å²) in [5, 5.41) is 0. The largest absolute Gasteiger partial charge is 0.354 e. The molecule has 2 aliphatic rings. The van der Waals surface area contributed by atoms with E-state index in [1.54, 1.807) is 6.20 Å². The normalized spacial score (nSPS) is 23.1. The van der Waals surface area contributed by atoms with Crippen molar-refractivity contribution in [2.45, 2.75) is 19.3 Å². The first kappa shape index (κ1) is 8.65. The van der Waals surface area contributed by atoms with Crippen LogP contribution in [0.25, 0.3) is 0 Å². The van der Waals surface area contributed by atoms with Crippen LogP contribution in [0.2, 0.25) is 0 Å². The lowest BCUT2D eigenvalue weighted by molar-refractivity contribution is 0.0896. The van der Waals surface area contributed by atoms with Gasteiger partial charge in [0.25, 0.3) is 0 Å². The molecule has 2 heterocycles. The van der Waals surface area contributed by atoms with Crippen LogP contribution in [0.15, 0.2) is 17.0 Å². The SMILES string of the molecule is Brc1cnc(N2CC3(CCC3)C2)cn1. The third-order valence-corrected chi connectivity index (χ3v) is 3.81. The van der Waals surface area contributed by atoms with Gasteiger partial charge in [-0.3, -0.25) is 0 Å². The van der Waals surface area contributed by atoms with E-state index in [0.29, 0.717) is 5.41 Å². The smallest absolute Gasteiger partial charge is 0.147 e. The van der Waals surface area contributed by atoms with Crippen LogP contribution >= 0.6 is 15.9 Å². The molecule has 0 bridgehead atoms. The molecule has 2 fully saturated rings. The molecule has 3 rings (SSSR count). The number of halogens is 1. The molecule has 0 amide bonds. The third kappa shape index (κ3) is 1.24. The third-order valence-electron chi connectivity index (χ3n) is 3.40. The highest BCUT2D eigenvalue weighted by molar-refractivity contribution is 9.10. The van der Waals surface area contributed by atoms with Crippen LogP contribution in [0.1, 0.15) is 19.3 Å². The fourth-order valence-corrected chi connectivity index (χ4v) is 2.59. The average Bonchev–Trinajstić information content (AvgIpc) is 2.03. The second-order valence-corrected chi connectivity index (χ2v) is 5.22. The molecule has 1 aromatic heterocycles. The zero-order valence-corrected chi connectivity index (χ0v) is 9.50. The van der Waals surface area contributed by atoms with Crippen LogP contribution in [0, 0.1) is 5.41 Å². The van der Waals surface area contributed by atoms with E-state index in [1.807, 2.05) is 6.20 Å². The van der Waals surface area contributed by atoms with E-state index >= 15 is 0 Å². The summed E-state index contributed by atoms with van der Waals surface area (Å²) >= 11 is 3.29. The molecule has 1 aliphatic carbocycles. The van der Waals surface area contributed by atoms with Crippen molar-refractivity contribution < 1.29 is 0 Å². The summed E-state index contributed by atoms with van der Waals surface area (Å²) in [6.45, 7) is 2.37. The Morgan fingerprint density at radius 1 is 1.21 bits per heavy atom. The fourth-order valence-electron chi connectivity index (χ4n) is 2.39. The summed E-state index contributed by atoms with van der Waals surface area (Å²) in [4.78, 5) is 10.8. The van der Waals surface area contributed by atoms with E-state index in [9.17, 15) is 0 Å². The molecule has 0 N–H and O–H groups in total. The number of aromatic nitrogens is 2. The van der Waals surface area contributed by atoms with Crippen LogP contribution in [0.4, 0.5) is 5.82 Å². The minimum absolute atomic E-state index is 0.661. The highest BCUT2D eigenvalue weighted by atomic mass is 79.9. The van der Waals surface area contributed by atoms with Gasteiger partial charge in [0.2, 0.25) is 0 Å². The fraction of sp³-hybridized carbons (Fsp3) is 0.600. The Morgan fingerprint density at radius 3 is 2.50 bits per heavy atom. The predicted octanol–water partition coefficient (Wildman–Crippen LogP) is 2.23. The van der Waals surface area contributed by atoms with Gasteiger partial charge >= 0.3 is 0 Å². The number of nitrogens with zero attached hydrogens (tertiary/aromatic N) is 3. The minimum Gasteiger partial charge on any atom is -0.354 e. The minimum atomic E-state index is 0.661. The van der Waals surface area contributed by atoms with Crippen molar-refractivity contribution in [2.24, 2.45) is 5.41 Å². The highest BCUT2D eigenvalue weighted by Gasteiger charge is 2.47. The number of hydrogen-bond donors (Lipinski definition) is 0. The Balaban J connectivity index is 1.70. The molecule has 3 nitrogen and oxygen atoms in total. The topological polar surface area (TPSA) is 29.0 Å². The zero-order chi connectivity index (χ0) is 9.60. The lowest BCUT2D eigenvalue weighted by Gasteiger charge is -2.56. The number of rotatable bonds is 1. The molecule has 0 radical (unpaired) electrons. The van der Waals surface area contributed by atoms with E-state index in [2.05, 4.69) is 30.8 Å². The summed E-state index contributed by atoms with van der Waals surface area (Å²) < 4.78 is 0.806. The Bertz CT molecular complexity index is 337. The van der Waals surface area contributed by atoms with Crippen LogP contribution in [-0.4, -0.2) is 23.1 Å². The maximum atomic E-state index is 4.34. The van der Waals surface area contributed by atoms with Gasteiger partial charge in [0, 0.05) is 18.5 Å². The van der Waals surface area contributed by atoms with Gasteiger partial charge in [-0.25, -0.2) is 9.97 Å². The predicted molar refractivity (Wildman–Crippen MR) is 58.2 cm³/mol. The van der Waals surface area contributed by atoms with Crippen LogP contribution in [0.3, 0.4) is 0 Å². The van der Waals surface area contributed by atoms with Gasteiger partial charge in [-0.2, -0.15) is 0 Å². The summed E-state index contributed by atoms with van der Waals surface area (Å²) in [5.74, 6) is 1.02. The van der Waals surface area contributed by atoms with Gasteiger partial charge in [-0.05, 0) is 28.8 Å². The second kappa shape index (κ2) is 2.92. The number of anilines is 1. The Hall–Kier alpha value is -0.640. The van der Waals surface area contributed by atoms with Gasteiger partial charge in [-0.1, -0.05) is 6.42 Å². The standard InChI is InChI=1S/C10H12BrN3/c11-8-4-13-9(5-12-8)14-6-10(7-14)2-1-3-10/h4-5H,1-3,6-7H2. The first-order valence-corrected chi connectivity index (χ1v) is 5.79. The van der Waals surface area contributed by atoms with E-state index in [0.717, 1.165) is 10.4 Å². The molecule has 4 heteroatoms. The molecule has 74 valence electrons. The zero-order valence-electron chi connectivity index (χ0n) is 7.91. The summed E-state index contributed by atoms with van der Waals surface area (Å²) in [6.07, 6.45) is 7.84. The maximum Gasteiger partial charge on any atom is 0.147 e. The van der Waals surface area contributed by atoms with Crippen molar-refractivity contribution in [2.75, 3.05) is 18.0 Å². The maximum absolute atomic E-state index is 4.34. The molecule has 0 aromatic carbocycles. The summed E-state index contributed by atoms with van der Waals surface area (Å²) in [5.41, 5.74) is 0.661. The van der Waals surface area contributed by atoms with Crippen molar-refractivity contribution in [1.29, 1.82) is 0 Å².